The molecule has 5 heteroatoms. The maximum absolute atomic E-state index is 13.2. The van der Waals surface area contributed by atoms with Gasteiger partial charge < -0.3 is 5.32 Å². The maximum Gasteiger partial charge on any atom is 0.407 e. The van der Waals surface area contributed by atoms with Crippen LogP contribution in [-0.2, 0) is 0 Å². The summed E-state index contributed by atoms with van der Waals surface area (Å²) in [5, 5.41) is 3.85. The van der Waals surface area contributed by atoms with Crippen molar-refractivity contribution >= 4 is 10.8 Å². The Bertz CT molecular complexity index is 546. The number of pyridine rings is 1. The topological polar surface area (TPSA) is 24.9 Å². The second kappa shape index (κ2) is 5.57. The molecule has 0 aliphatic rings. The van der Waals surface area contributed by atoms with Crippen molar-refractivity contribution in [1.82, 2.24) is 10.3 Å². The van der Waals surface area contributed by atoms with E-state index in [-0.39, 0.29) is 5.56 Å². The van der Waals surface area contributed by atoms with E-state index in [0.29, 0.717) is 23.7 Å². The van der Waals surface area contributed by atoms with Crippen molar-refractivity contribution in [3.8, 4) is 0 Å². The predicted molar refractivity (Wildman–Crippen MR) is 68.8 cm³/mol. The van der Waals surface area contributed by atoms with Gasteiger partial charge in [0, 0.05) is 23.3 Å². The van der Waals surface area contributed by atoms with Crippen molar-refractivity contribution in [3.63, 3.8) is 0 Å². The zero-order valence-electron chi connectivity index (χ0n) is 10.5. The smallest absolute Gasteiger partial charge is 0.302 e. The molecule has 1 aromatic carbocycles. The van der Waals surface area contributed by atoms with Gasteiger partial charge >= 0.3 is 6.18 Å². The quantitative estimate of drug-likeness (QED) is 0.911. The average Bonchev–Trinajstić information content (AvgIpc) is 2.38. The fraction of sp³-hybridized carbons (Fsp3) is 0.357. The van der Waals surface area contributed by atoms with E-state index in [4.69, 9.17) is 0 Å². The first kappa shape index (κ1) is 13.8. The van der Waals surface area contributed by atoms with Gasteiger partial charge in [0.2, 0.25) is 0 Å². The van der Waals surface area contributed by atoms with E-state index >= 15 is 0 Å². The molecular weight excluding hydrogens is 253 g/mol. The Labute approximate surface area is 109 Å². The van der Waals surface area contributed by atoms with Gasteiger partial charge in [0.1, 0.15) is 6.04 Å². The summed E-state index contributed by atoms with van der Waals surface area (Å²) in [6, 6.07) is 5.30. The Balaban J connectivity index is 2.49. The lowest BCUT2D eigenvalue weighted by Gasteiger charge is -2.22. The molecule has 0 amide bonds. The van der Waals surface area contributed by atoms with Crippen LogP contribution in [0, 0.1) is 0 Å². The molecule has 1 atom stereocenters. The number of nitrogens with zero attached hydrogens (tertiary/aromatic N) is 1. The molecule has 0 saturated heterocycles. The molecule has 19 heavy (non-hydrogen) atoms. The van der Waals surface area contributed by atoms with Gasteiger partial charge in [-0.05, 0) is 18.4 Å². The predicted octanol–water partition coefficient (Wildman–Crippen LogP) is 3.84. The van der Waals surface area contributed by atoms with E-state index in [1.807, 2.05) is 6.92 Å². The first-order valence-electron chi connectivity index (χ1n) is 6.16. The molecule has 1 unspecified atom stereocenters. The van der Waals surface area contributed by atoms with Crippen molar-refractivity contribution < 1.29 is 13.2 Å². The molecular formula is C14H15F3N2. The van der Waals surface area contributed by atoms with Gasteiger partial charge in [-0.2, -0.15) is 13.2 Å². The Hall–Kier alpha value is -1.62. The number of alkyl halides is 3. The highest BCUT2D eigenvalue weighted by molar-refractivity contribution is 5.85. The van der Waals surface area contributed by atoms with Crippen molar-refractivity contribution in [2.75, 3.05) is 6.54 Å². The highest BCUT2D eigenvalue weighted by Crippen LogP contribution is 2.35. The molecule has 102 valence electrons. The van der Waals surface area contributed by atoms with E-state index in [1.54, 1.807) is 30.5 Å². The van der Waals surface area contributed by atoms with Gasteiger partial charge in [-0.3, -0.25) is 4.98 Å². The fourth-order valence-electron chi connectivity index (χ4n) is 2.06. The Morgan fingerprint density at radius 1 is 1.21 bits per heavy atom. The molecule has 0 bridgehead atoms. The average molecular weight is 268 g/mol. The first-order chi connectivity index (χ1) is 9.04. The zero-order chi connectivity index (χ0) is 13.9. The van der Waals surface area contributed by atoms with Crippen molar-refractivity contribution in [3.05, 3.63) is 42.2 Å². The second-order valence-corrected chi connectivity index (χ2v) is 4.38. The summed E-state index contributed by atoms with van der Waals surface area (Å²) in [5.74, 6) is 0. The molecule has 0 fully saturated rings. The zero-order valence-corrected chi connectivity index (χ0v) is 10.5. The summed E-state index contributed by atoms with van der Waals surface area (Å²) in [6.45, 7) is 2.15. The fourth-order valence-corrected chi connectivity index (χ4v) is 2.06. The number of fused-ring (bicyclic) bond motifs is 1. The van der Waals surface area contributed by atoms with Crippen LogP contribution in [0.4, 0.5) is 13.2 Å². The summed E-state index contributed by atoms with van der Waals surface area (Å²) < 4.78 is 39.5. The Kier molecular flexibility index (Phi) is 4.04. The molecule has 2 rings (SSSR count). The molecule has 0 aliphatic heterocycles. The lowest BCUT2D eigenvalue weighted by Crippen LogP contribution is -2.34. The third-order valence-electron chi connectivity index (χ3n) is 2.94. The second-order valence-electron chi connectivity index (χ2n) is 4.38. The van der Waals surface area contributed by atoms with E-state index in [1.165, 1.54) is 6.20 Å². The van der Waals surface area contributed by atoms with Crippen LogP contribution in [0.2, 0.25) is 0 Å². The molecule has 0 radical (unpaired) electrons. The Morgan fingerprint density at radius 2 is 1.95 bits per heavy atom. The molecule has 0 saturated carbocycles. The molecule has 1 N–H and O–H groups in total. The van der Waals surface area contributed by atoms with Gasteiger partial charge in [-0.15, -0.1) is 0 Å². The number of halogens is 3. The molecule has 1 heterocycles. The Morgan fingerprint density at radius 3 is 2.63 bits per heavy atom. The van der Waals surface area contributed by atoms with E-state index in [0.717, 1.165) is 0 Å². The van der Waals surface area contributed by atoms with Crippen LogP contribution in [0.25, 0.3) is 10.8 Å². The third kappa shape index (κ3) is 3.04. The lowest BCUT2D eigenvalue weighted by molar-refractivity contribution is -0.157. The summed E-state index contributed by atoms with van der Waals surface area (Å²) in [6.07, 6.45) is -0.818. The van der Waals surface area contributed by atoms with E-state index in [2.05, 4.69) is 10.3 Å². The number of rotatable bonds is 4. The minimum Gasteiger partial charge on any atom is -0.302 e. The minimum atomic E-state index is -4.33. The molecule has 0 spiro atoms. The van der Waals surface area contributed by atoms with Crippen LogP contribution in [0.15, 0.2) is 36.7 Å². The first-order valence-corrected chi connectivity index (χ1v) is 6.16. The van der Waals surface area contributed by atoms with Gasteiger partial charge in [-0.1, -0.05) is 31.2 Å². The molecule has 2 aromatic rings. The maximum atomic E-state index is 13.2. The lowest BCUT2D eigenvalue weighted by atomic mass is 10.0. The summed E-state index contributed by atoms with van der Waals surface area (Å²) in [5.41, 5.74) is 0.180. The molecule has 0 aliphatic carbocycles. The van der Waals surface area contributed by atoms with E-state index < -0.39 is 12.2 Å². The summed E-state index contributed by atoms with van der Waals surface area (Å²) in [4.78, 5) is 3.92. The van der Waals surface area contributed by atoms with Gasteiger partial charge in [0.15, 0.2) is 0 Å². The normalized spacial score (nSPS) is 13.7. The van der Waals surface area contributed by atoms with Crippen molar-refractivity contribution in [1.29, 1.82) is 0 Å². The highest BCUT2D eigenvalue weighted by atomic mass is 19.4. The third-order valence-corrected chi connectivity index (χ3v) is 2.94. The molecule has 2 nitrogen and oxygen atoms in total. The molecule has 1 aromatic heterocycles. The van der Waals surface area contributed by atoms with Crippen LogP contribution < -0.4 is 5.32 Å². The number of benzene rings is 1. The van der Waals surface area contributed by atoms with Gasteiger partial charge in [0.25, 0.3) is 0 Å². The number of aromatic nitrogens is 1. The van der Waals surface area contributed by atoms with Crippen LogP contribution in [0.3, 0.4) is 0 Å². The standard InChI is InChI=1S/C14H15F3N2/c1-2-7-19-13(14(15,16)17)12-9-18-8-10-5-3-4-6-11(10)12/h3-6,8-9,13,19H,2,7H2,1H3. The number of nitrogens with one attached hydrogen (secondary N) is 1. The van der Waals surface area contributed by atoms with Gasteiger partial charge in [0.05, 0.1) is 0 Å². The van der Waals surface area contributed by atoms with Crippen LogP contribution in [-0.4, -0.2) is 17.7 Å². The summed E-state index contributed by atoms with van der Waals surface area (Å²) in [7, 11) is 0. The highest BCUT2D eigenvalue weighted by Gasteiger charge is 2.41. The monoisotopic (exact) mass is 268 g/mol. The van der Waals surface area contributed by atoms with Crippen LogP contribution in [0.5, 0.6) is 0 Å². The van der Waals surface area contributed by atoms with Gasteiger partial charge in [-0.25, -0.2) is 0 Å². The van der Waals surface area contributed by atoms with E-state index in [9.17, 15) is 13.2 Å². The summed E-state index contributed by atoms with van der Waals surface area (Å²) >= 11 is 0. The number of hydrogen-bond acceptors (Lipinski definition) is 2. The number of hydrogen-bond donors (Lipinski definition) is 1. The minimum absolute atomic E-state index is 0.180. The van der Waals surface area contributed by atoms with Crippen LogP contribution in [0.1, 0.15) is 24.9 Å². The van der Waals surface area contributed by atoms with Crippen molar-refractivity contribution in [2.24, 2.45) is 0 Å². The SMILES string of the molecule is CCCNC(c1cncc2ccccc12)C(F)(F)F. The van der Waals surface area contributed by atoms with Crippen molar-refractivity contribution in [2.45, 2.75) is 25.6 Å². The van der Waals surface area contributed by atoms with Crippen LogP contribution >= 0.6 is 0 Å². The largest absolute Gasteiger partial charge is 0.407 e.